The van der Waals surface area contributed by atoms with Crippen LogP contribution in [0.25, 0.3) is 0 Å². The Bertz CT molecular complexity index is 1160. The molecule has 4 rings (SSSR count). The molecule has 2 heterocycles. The van der Waals surface area contributed by atoms with Gasteiger partial charge in [0.1, 0.15) is 6.10 Å². The van der Waals surface area contributed by atoms with Crippen LogP contribution in [0, 0.1) is 5.92 Å². The van der Waals surface area contributed by atoms with E-state index in [2.05, 4.69) is 10.6 Å². The molecule has 0 saturated carbocycles. The molecule has 0 unspecified atom stereocenters. The van der Waals surface area contributed by atoms with Crippen LogP contribution < -0.4 is 29.6 Å². The average Bonchev–Trinajstić information content (AvgIpc) is 3.61. The second kappa shape index (κ2) is 14.1. The number of nitrogens with one attached hydrogen (secondary N) is 2. The van der Waals surface area contributed by atoms with Crippen molar-refractivity contribution in [2.45, 2.75) is 39.0 Å². The molecule has 2 aromatic carbocycles. The Labute approximate surface area is 235 Å². The van der Waals surface area contributed by atoms with Gasteiger partial charge in [-0.25, -0.2) is 4.79 Å². The summed E-state index contributed by atoms with van der Waals surface area (Å²) in [6.07, 6.45) is -0.165. The van der Waals surface area contributed by atoms with Gasteiger partial charge in [-0.1, -0.05) is 6.07 Å². The first-order chi connectivity index (χ1) is 19.4. The van der Waals surface area contributed by atoms with Crippen molar-refractivity contribution in [1.82, 2.24) is 15.5 Å². The summed E-state index contributed by atoms with van der Waals surface area (Å²) in [5.74, 6) is 2.23. The molecule has 2 N–H and O–H groups in total. The van der Waals surface area contributed by atoms with Gasteiger partial charge in [0.25, 0.3) is 5.91 Å². The van der Waals surface area contributed by atoms with Gasteiger partial charge in [0.15, 0.2) is 23.0 Å². The van der Waals surface area contributed by atoms with Crippen molar-refractivity contribution in [2.75, 3.05) is 53.9 Å². The Balaban J connectivity index is 1.35. The highest BCUT2D eigenvalue weighted by molar-refractivity contribution is 5.95. The first-order valence-corrected chi connectivity index (χ1v) is 13.5. The number of hydrogen-bond donors (Lipinski definition) is 2. The highest BCUT2D eigenvalue weighted by atomic mass is 16.7. The van der Waals surface area contributed by atoms with Crippen LogP contribution in [0.4, 0.5) is 4.79 Å². The lowest BCUT2D eigenvalue weighted by Crippen LogP contribution is -2.44. The fourth-order valence-electron chi connectivity index (χ4n) is 4.69. The lowest BCUT2D eigenvalue weighted by molar-refractivity contribution is 0.0521. The van der Waals surface area contributed by atoms with Gasteiger partial charge < -0.3 is 44.0 Å². The zero-order valence-electron chi connectivity index (χ0n) is 23.6. The van der Waals surface area contributed by atoms with Crippen LogP contribution in [0.3, 0.4) is 0 Å². The second-order valence-electron chi connectivity index (χ2n) is 10.0. The van der Waals surface area contributed by atoms with Crippen molar-refractivity contribution in [2.24, 2.45) is 5.92 Å². The number of nitrogens with zero attached hydrogens (tertiary/aromatic N) is 1. The zero-order valence-corrected chi connectivity index (χ0v) is 23.6. The number of rotatable bonds is 13. The van der Waals surface area contributed by atoms with Crippen molar-refractivity contribution < 1.29 is 38.0 Å². The fourth-order valence-corrected chi connectivity index (χ4v) is 4.69. The maximum Gasteiger partial charge on any atom is 0.407 e. The summed E-state index contributed by atoms with van der Waals surface area (Å²) in [4.78, 5) is 28.0. The molecule has 1 fully saturated rings. The number of fused-ring (bicyclic) bond motifs is 1. The maximum absolute atomic E-state index is 13.6. The van der Waals surface area contributed by atoms with Gasteiger partial charge in [-0.05, 0) is 49.7 Å². The third-order valence-electron chi connectivity index (χ3n) is 6.89. The molecule has 2 amide bonds. The Morgan fingerprint density at radius 3 is 2.65 bits per heavy atom. The quantitative estimate of drug-likeness (QED) is 0.358. The summed E-state index contributed by atoms with van der Waals surface area (Å²) in [6.45, 7) is 7.04. The van der Waals surface area contributed by atoms with Gasteiger partial charge in [-0.2, -0.15) is 0 Å². The summed E-state index contributed by atoms with van der Waals surface area (Å²) >= 11 is 0. The number of methoxy groups -OCH3 is 2. The van der Waals surface area contributed by atoms with Crippen molar-refractivity contribution >= 4 is 12.0 Å². The summed E-state index contributed by atoms with van der Waals surface area (Å²) in [5, 5.41) is 6.09. The normalized spacial score (nSPS) is 17.5. The zero-order chi connectivity index (χ0) is 28.5. The third kappa shape index (κ3) is 7.48. The standard InChI is InChI=1S/C29H39N3O8/c1-19(2)32(28(33)21-7-9-23(36-4)26(13-21)37-11-5-10-35-3)17-22-15-30-16-27(22)40-29(34)31-14-20-6-8-24-25(12-20)39-18-38-24/h6-9,12-13,19,22,27,30H,5,10-11,14-18H2,1-4H3,(H,31,34)/t22-,27+/m0/s1. The van der Waals surface area contributed by atoms with E-state index in [1.165, 1.54) is 0 Å². The van der Waals surface area contributed by atoms with Crippen LogP contribution in [0.15, 0.2) is 36.4 Å². The van der Waals surface area contributed by atoms with Crippen LogP contribution in [0.1, 0.15) is 36.2 Å². The van der Waals surface area contributed by atoms with E-state index in [9.17, 15) is 9.59 Å². The van der Waals surface area contributed by atoms with Crippen molar-refractivity contribution in [3.8, 4) is 23.0 Å². The summed E-state index contributed by atoms with van der Waals surface area (Å²) in [7, 11) is 3.21. The molecule has 11 nitrogen and oxygen atoms in total. The molecule has 2 aliphatic heterocycles. The Kier molecular flexibility index (Phi) is 10.3. The van der Waals surface area contributed by atoms with Crippen LogP contribution in [0.5, 0.6) is 23.0 Å². The van der Waals surface area contributed by atoms with Crippen LogP contribution in [0.2, 0.25) is 0 Å². The smallest absolute Gasteiger partial charge is 0.407 e. The van der Waals surface area contributed by atoms with Crippen LogP contribution >= 0.6 is 0 Å². The van der Waals surface area contributed by atoms with Crippen molar-refractivity contribution in [3.63, 3.8) is 0 Å². The molecule has 40 heavy (non-hydrogen) atoms. The van der Waals surface area contributed by atoms with E-state index in [0.29, 0.717) is 68.0 Å². The van der Waals surface area contributed by atoms with E-state index in [0.717, 1.165) is 12.0 Å². The molecule has 0 radical (unpaired) electrons. The number of alkyl carbamates (subject to hydrolysis) is 1. The highest BCUT2D eigenvalue weighted by Gasteiger charge is 2.34. The van der Waals surface area contributed by atoms with Crippen molar-refractivity contribution in [3.05, 3.63) is 47.5 Å². The lowest BCUT2D eigenvalue weighted by Gasteiger charge is -2.31. The first-order valence-electron chi connectivity index (χ1n) is 13.5. The number of carbonyl (C=O) groups excluding carboxylic acids is 2. The molecular weight excluding hydrogens is 518 g/mol. The maximum atomic E-state index is 13.6. The summed E-state index contributed by atoms with van der Waals surface area (Å²) in [5.41, 5.74) is 1.38. The molecule has 2 aromatic rings. The molecule has 0 spiro atoms. The molecule has 0 bridgehead atoms. The average molecular weight is 558 g/mol. The van der Waals surface area contributed by atoms with Gasteiger partial charge in [-0.15, -0.1) is 0 Å². The topological polar surface area (TPSA) is 117 Å². The van der Waals surface area contributed by atoms with Gasteiger partial charge in [0.05, 0.1) is 13.7 Å². The largest absolute Gasteiger partial charge is 0.493 e. The lowest BCUT2D eigenvalue weighted by atomic mass is 10.0. The molecule has 11 heteroatoms. The highest BCUT2D eigenvalue weighted by Crippen LogP contribution is 2.32. The molecular formula is C29H39N3O8. The number of hydrogen-bond acceptors (Lipinski definition) is 9. The van der Waals surface area contributed by atoms with E-state index in [4.69, 9.17) is 28.4 Å². The van der Waals surface area contributed by atoms with Gasteiger partial charge >= 0.3 is 6.09 Å². The Morgan fingerprint density at radius 2 is 1.88 bits per heavy atom. The molecule has 218 valence electrons. The predicted molar refractivity (Wildman–Crippen MR) is 147 cm³/mol. The minimum absolute atomic E-state index is 0.0642. The minimum atomic E-state index is -0.510. The van der Waals surface area contributed by atoms with E-state index in [-0.39, 0.29) is 30.8 Å². The molecule has 2 aliphatic rings. The summed E-state index contributed by atoms with van der Waals surface area (Å²) < 4.78 is 32.9. The molecule has 0 aromatic heterocycles. The van der Waals surface area contributed by atoms with E-state index >= 15 is 0 Å². The van der Waals surface area contributed by atoms with Crippen molar-refractivity contribution in [1.29, 1.82) is 0 Å². The van der Waals surface area contributed by atoms with Gasteiger partial charge in [0.2, 0.25) is 6.79 Å². The molecule has 0 aliphatic carbocycles. The minimum Gasteiger partial charge on any atom is -0.493 e. The first kappa shape index (κ1) is 29.3. The predicted octanol–water partition coefficient (Wildman–Crippen LogP) is 3.20. The molecule has 2 atom stereocenters. The number of benzene rings is 2. The van der Waals surface area contributed by atoms with Crippen LogP contribution in [-0.4, -0.2) is 82.9 Å². The van der Waals surface area contributed by atoms with Gasteiger partial charge in [0, 0.05) is 63.8 Å². The SMILES string of the molecule is COCCCOc1cc(C(=O)N(C[C@@H]2CNC[C@H]2OC(=O)NCc2ccc3c(c2)OCO3)C(C)C)ccc1OC. The van der Waals surface area contributed by atoms with E-state index < -0.39 is 6.09 Å². The number of carbonyl (C=O) groups is 2. The number of amides is 2. The molecule has 1 saturated heterocycles. The third-order valence-corrected chi connectivity index (χ3v) is 6.89. The van der Waals surface area contributed by atoms with Crippen LogP contribution in [-0.2, 0) is 16.0 Å². The fraction of sp³-hybridized carbons (Fsp3) is 0.517. The van der Waals surface area contributed by atoms with E-state index in [1.807, 2.05) is 32.0 Å². The van der Waals surface area contributed by atoms with E-state index in [1.54, 1.807) is 37.3 Å². The number of ether oxygens (including phenoxy) is 6. The Hall–Kier alpha value is -3.70. The Morgan fingerprint density at radius 1 is 1.05 bits per heavy atom. The monoisotopic (exact) mass is 557 g/mol. The summed E-state index contributed by atoms with van der Waals surface area (Å²) in [6, 6.07) is 10.7. The second-order valence-corrected chi connectivity index (χ2v) is 10.0. The van der Waals surface area contributed by atoms with Gasteiger partial charge in [-0.3, -0.25) is 4.79 Å².